The second-order valence-corrected chi connectivity index (χ2v) is 9.49. The zero-order chi connectivity index (χ0) is 23.5. The van der Waals surface area contributed by atoms with Crippen molar-refractivity contribution in [2.75, 3.05) is 31.5 Å². The Hall–Kier alpha value is -2.99. The highest BCUT2D eigenvalue weighted by Gasteiger charge is 2.34. The van der Waals surface area contributed by atoms with Gasteiger partial charge in [-0.2, -0.15) is 0 Å². The van der Waals surface area contributed by atoms with E-state index in [2.05, 4.69) is 29.3 Å². The molecule has 0 aromatic heterocycles. The molecule has 0 atom stereocenters. The first-order valence-corrected chi connectivity index (χ1v) is 11.9. The molecule has 0 spiro atoms. The average molecular weight is 448 g/mol. The summed E-state index contributed by atoms with van der Waals surface area (Å²) < 4.78 is 0. The van der Waals surface area contributed by atoms with E-state index in [9.17, 15) is 14.4 Å². The number of amides is 3. The number of benzene rings is 2. The number of carbonyl (C=O) groups is 3. The Morgan fingerprint density at radius 1 is 1.00 bits per heavy atom. The van der Waals surface area contributed by atoms with Crippen molar-refractivity contribution in [1.82, 2.24) is 9.80 Å². The number of piperidine rings is 1. The highest BCUT2D eigenvalue weighted by Crippen LogP contribution is 2.32. The van der Waals surface area contributed by atoms with Crippen LogP contribution in [0.15, 0.2) is 42.5 Å². The number of aryl methyl sites for hydroxylation is 1. The monoisotopic (exact) mass is 447 g/mol. The van der Waals surface area contributed by atoms with Crippen molar-refractivity contribution in [1.29, 1.82) is 0 Å². The van der Waals surface area contributed by atoms with Crippen molar-refractivity contribution < 1.29 is 14.4 Å². The van der Waals surface area contributed by atoms with E-state index in [0.29, 0.717) is 23.6 Å². The van der Waals surface area contributed by atoms with Crippen LogP contribution in [0.1, 0.15) is 70.9 Å². The molecule has 2 aromatic carbocycles. The Morgan fingerprint density at radius 2 is 1.64 bits per heavy atom. The highest BCUT2D eigenvalue weighted by molar-refractivity contribution is 6.21. The van der Waals surface area contributed by atoms with Crippen molar-refractivity contribution in [2.24, 2.45) is 5.92 Å². The molecule has 2 aromatic rings. The summed E-state index contributed by atoms with van der Waals surface area (Å²) in [6.45, 7) is 9.26. The van der Waals surface area contributed by atoms with Gasteiger partial charge in [0.2, 0.25) is 5.91 Å². The van der Waals surface area contributed by atoms with Crippen molar-refractivity contribution in [3.05, 3.63) is 64.7 Å². The first-order chi connectivity index (χ1) is 15.8. The number of imide groups is 1. The van der Waals surface area contributed by atoms with Crippen LogP contribution in [0.25, 0.3) is 0 Å². The van der Waals surface area contributed by atoms with Crippen molar-refractivity contribution in [3.8, 4) is 0 Å². The second-order valence-electron chi connectivity index (χ2n) is 9.49. The zero-order valence-electron chi connectivity index (χ0n) is 19.8. The molecular weight excluding hydrogens is 414 g/mol. The van der Waals surface area contributed by atoms with Crippen LogP contribution in [-0.4, -0.2) is 53.7 Å². The third kappa shape index (κ3) is 5.01. The van der Waals surface area contributed by atoms with Gasteiger partial charge in [0.05, 0.1) is 11.1 Å². The lowest BCUT2D eigenvalue weighted by molar-refractivity contribution is -0.118. The fourth-order valence-corrected chi connectivity index (χ4v) is 4.81. The molecule has 4 rings (SSSR count). The predicted molar refractivity (Wildman–Crippen MR) is 129 cm³/mol. The molecule has 6 nitrogen and oxygen atoms in total. The number of likely N-dealkylation sites (tertiary alicyclic amines) is 1. The van der Waals surface area contributed by atoms with E-state index in [4.69, 9.17) is 0 Å². The van der Waals surface area contributed by atoms with Crippen molar-refractivity contribution in [3.63, 3.8) is 0 Å². The van der Waals surface area contributed by atoms with E-state index in [1.807, 2.05) is 19.9 Å². The van der Waals surface area contributed by atoms with E-state index in [0.717, 1.165) is 44.6 Å². The fraction of sp³-hybridized carbons (Fsp3) is 0.444. The molecule has 174 valence electrons. The maximum atomic E-state index is 12.5. The fourth-order valence-electron chi connectivity index (χ4n) is 4.81. The maximum absolute atomic E-state index is 12.5. The largest absolute Gasteiger partial charge is 0.326 e. The molecule has 33 heavy (non-hydrogen) atoms. The van der Waals surface area contributed by atoms with Gasteiger partial charge in [-0.1, -0.05) is 32.0 Å². The van der Waals surface area contributed by atoms with Gasteiger partial charge in [-0.3, -0.25) is 19.3 Å². The Balaban J connectivity index is 1.27. The van der Waals surface area contributed by atoms with Crippen LogP contribution in [0.4, 0.5) is 5.69 Å². The third-order valence-electron chi connectivity index (χ3n) is 6.83. The van der Waals surface area contributed by atoms with E-state index in [-0.39, 0.29) is 23.6 Å². The smallest absolute Gasteiger partial charge is 0.261 e. The molecule has 0 radical (unpaired) electrons. The first-order valence-electron chi connectivity index (χ1n) is 11.9. The summed E-state index contributed by atoms with van der Waals surface area (Å²) in [4.78, 5) is 40.9. The number of hydrogen-bond acceptors (Lipinski definition) is 4. The van der Waals surface area contributed by atoms with Gasteiger partial charge in [0.1, 0.15) is 0 Å². The summed E-state index contributed by atoms with van der Waals surface area (Å²) in [6.07, 6.45) is 2.91. The summed E-state index contributed by atoms with van der Waals surface area (Å²) in [6, 6.07) is 13.3. The van der Waals surface area contributed by atoms with Gasteiger partial charge >= 0.3 is 0 Å². The maximum Gasteiger partial charge on any atom is 0.261 e. The molecule has 1 N–H and O–H groups in total. The van der Waals surface area contributed by atoms with E-state index in [1.165, 1.54) is 16.0 Å². The minimum absolute atomic E-state index is 0.0395. The van der Waals surface area contributed by atoms with Crippen LogP contribution < -0.4 is 5.32 Å². The molecule has 2 aliphatic rings. The summed E-state index contributed by atoms with van der Waals surface area (Å²) in [7, 11) is 0. The normalized spacial score (nSPS) is 17.0. The number of nitrogens with zero attached hydrogens (tertiary/aromatic N) is 2. The summed E-state index contributed by atoms with van der Waals surface area (Å²) in [5.41, 5.74) is 4.50. The third-order valence-corrected chi connectivity index (χ3v) is 6.83. The molecule has 0 saturated carbocycles. The van der Waals surface area contributed by atoms with Gasteiger partial charge in [-0.25, -0.2) is 0 Å². The number of fused-ring (bicyclic) bond motifs is 1. The van der Waals surface area contributed by atoms with Gasteiger partial charge in [-0.05, 0) is 87.1 Å². The van der Waals surface area contributed by atoms with Gasteiger partial charge in [-0.15, -0.1) is 0 Å². The van der Waals surface area contributed by atoms with Gasteiger partial charge in [0, 0.05) is 18.2 Å². The molecule has 0 bridgehead atoms. The predicted octanol–water partition coefficient (Wildman–Crippen LogP) is 4.46. The van der Waals surface area contributed by atoms with Gasteiger partial charge in [0.15, 0.2) is 0 Å². The molecule has 6 heteroatoms. The second kappa shape index (κ2) is 9.87. The van der Waals surface area contributed by atoms with Gasteiger partial charge in [0.25, 0.3) is 11.8 Å². The van der Waals surface area contributed by atoms with Gasteiger partial charge < -0.3 is 10.2 Å². The highest BCUT2D eigenvalue weighted by atomic mass is 16.2. The van der Waals surface area contributed by atoms with E-state index in [1.54, 1.807) is 24.3 Å². The number of nitrogens with one attached hydrogen (secondary N) is 1. The molecule has 2 aliphatic heterocycles. The number of anilines is 1. The number of hydrogen-bond donors (Lipinski definition) is 1. The summed E-state index contributed by atoms with van der Waals surface area (Å²) in [5.74, 6) is 0.132. The van der Waals surface area contributed by atoms with Crippen molar-refractivity contribution in [2.45, 2.75) is 46.0 Å². The molecule has 1 saturated heterocycles. The van der Waals surface area contributed by atoms with Crippen LogP contribution in [0.5, 0.6) is 0 Å². The van der Waals surface area contributed by atoms with Crippen LogP contribution in [0.2, 0.25) is 0 Å². The minimum Gasteiger partial charge on any atom is -0.326 e. The minimum atomic E-state index is -0.172. The molecule has 2 heterocycles. The molecule has 0 aliphatic carbocycles. The van der Waals surface area contributed by atoms with E-state index < -0.39 is 0 Å². The number of carbonyl (C=O) groups excluding carboxylic acids is 3. The summed E-state index contributed by atoms with van der Waals surface area (Å²) >= 11 is 0. The molecular formula is C27H33N3O3. The lowest BCUT2D eigenvalue weighted by Gasteiger charge is -2.33. The molecule has 3 amide bonds. The Morgan fingerprint density at radius 3 is 2.24 bits per heavy atom. The quantitative estimate of drug-likeness (QED) is 0.637. The van der Waals surface area contributed by atoms with Crippen LogP contribution >= 0.6 is 0 Å². The topological polar surface area (TPSA) is 69.7 Å². The lowest BCUT2D eigenvalue weighted by Crippen LogP contribution is -2.37. The Labute approximate surface area is 196 Å². The number of rotatable bonds is 7. The van der Waals surface area contributed by atoms with Crippen LogP contribution in [0, 0.1) is 12.8 Å². The lowest BCUT2D eigenvalue weighted by atomic mass is 9.86. The standard InChI is InChI=1S/C27H33N3O3/c1-18(2)25(31)28-21-10-9-19(3)24(17-21)20-11-15-29(16-12-20)13-6-14-30-26(32)22-7-4-5-8-23(22)27(30)33/h4-5,7-10,17-18,20H,6,11-16H2,1-3H3,(H,28,31). The zero-order valence-corrected chi connectivity index (χ0v) is 19.8. The summed E-state index contributed by atoms with van der Waals surface area (Å²) in [5, 5.41) is 3.02. The molecule has 0 unspecified atom stereocenters. The first kappa shape index (κ1) is 23.2. The van der Waals surface area contributed by atoms with E-state index >= 15 is 0 Å². The van der Waals surface area contributed by atoms with Crippen LogP contribution in [0.3, 0.4) is 0 Å². The Bertz CT molecular complexity index is 1020. The van der Waals surface area contributed by atoms with Crippen LogP contribution in [-0.2, 0) is 4.79 Å². The Kier molecular flexibility index (Phi) is 6.94. The average Bonchev–Trinajstić information content (AvgIpc) is 3.06. The van der Waals surface area contributed by atoms with Crippen molar-refractivity contribution >= 4 is 23.4 Å². The molecule has 1 fully saturated rings. The SMILES string of the molecule is Cc1ccc(NC(=O)C(C)C)cc1C1CCN(CCCN2C(=O)c3ccccc3C2=O)CC1.